The van der Waals surface area contributed by atoms with Crippen molar-refractivity contribution in [2.24, 2.45) is 4.99 Å². The van der Waals surface area contributed by atoms with Gasteiger partial charge >= 0.3 is 0 Å². The third-order valence-corrected chi connectivity index (χ3v) is 5.56. The van der Waals surface area contributed by atoms with Crippen LogP contribution >= 0.6 is 11.6 Å². The lowest BCUT2D eigenvalue weighted by molar-refractivity contribution is 0.122. The van der Waals surface area contributed by atoms with Gasteiger partial charge in [0.25, 0.3) is 0 Å². The number of halogens is 1. The van der Waals surface area contributed by atoms with Gasteiger partial charge in [-0.2, -0.15) is 0 Å². The molecule has 146 valence electrons. The fraction of sp³-hybridized carbons (Fsp3) is 0.273. The number of pyridine rings is 3. The fourth-order valence-electron chi connectivity index (χ4n) is 3.78. The van der Waals surface area contributed by atoms with Gasteiger partial charge in [-0.25, -0.2) is 9.97 Å². The molecular formula is C22H20ClN5O. The first-order chi connectivity index (χ1) is 14.2. The van der Waals surface area contributed by atoms with Crippen LogP contribution in [0.1, 0.15) is 11.4 Å². The van der Waals surface area contributed by atoms with Gasteiger partial charge in [0, 0.05) is 47.7 Å². The standard InChI is InChI=1S/C22H20ClN5O/c1-14-2-3-17(22(23)26-14)18-12-19(28-8-10-29-11-9-28)27-21-16(18)5-7-25-20(21)15-4-6-24-13-15/h2-7,12H,8-11,13H2,1H3. The number of aryl methyl sites for hydroxylation is 1. The summed E-state index contributed by atoms with van der Waals surface area (Å²) in [7, 11) is 0. The molecule has 0 atom stereocenters. The van der Waals surface area contributed by atoms with E-state index in [0.717, 1.165) is 57.9 Å². The number of aliphatic imine (C=N–C) groups is 1. The van der Waals surface area contributed by atoms with Crippen molar-refractivity contribution in [3.63, 3.8) is 0 Å². The third kappa shape index (κ3) is 3.39. The summed E-state index contributed by atoms with van der Waals surface area (Å²) >= 11 is 6.56. The maximum Gasteiger partial charge on any atom is 0.137 e. The average Bonchev–Trinajstić information content (AvgIpc) is 3.28. The Morgan fingerprint density at radius 2 is 1.93 bits per heavy atom. The van der Waals surface area contributed by atoms with Crippen molar-refractivity contribution < 1.29 is 4.74 Å². The van der Waals surface area contributed by atoms with Crippen LogP contribution < -0.4 is 4.90 Å². The second kappa shape index (κ2) is 7.54. The van der Waals surface area contributed by atoms with Gasteiger partial charge in [0.1, 0.15) is 11.0 Å². The molecule has 5 heterocycles. The van der Waals surface area contributed by atoms with E-state index in [1.165, 1.54) is 0 Å². The van der Waals surface area contributed by atoms with Gasteiger partial charge in [0.2, 0.25) is 0 Å². The van der Waals surface area contributed by atoms with Crippen LogP contribution in [0.25, 0.3) is 27.6 Å². The predicted octanol–water partition coefficient (Wildman–Crippen LogP) is 3.96. The van der Waals surface area contributed by atoms with E-state index in [-0.39, 0.29) is 0 Å². The van der Waals surface area contributed by atoms with Gasteiger partial charge in [0.15, 0.2) is 0 Å². The van der Waals surface area contributed by atoms with E-state index in [2.05, 4.69) is 25.9 Å². The minimum atomic E-state index is 0.493. The maximum atomic E-state index is 6.56. The van der Waals surface area contributed by atoms with E-state index in [0.29, 0.717) is 24.9 Å². The monoisotopic (exact) mass is 405 g/mol. The van der Waals surface area contributed by atoms with Crippen molar-refractivity contribution in [3.8, 4) is 11.1 Å². The second-order valence-electron chi connectivity index (χ2n) is 7.16. The average molecular weight is 406 g/mol. The normalized spacial score (nSPS) is 16.5. The van der Waals surface area contributed by atoms with Crippen LogP contribution in [0, 0.1) is 6.92 Å². The van der Waals surface area contributed by atoms with Gasteiger partial charge in [-0.15, -0.1) is 0 Å². The third-order valence-electron chi connectivity index (χ3n) is 5.27. The van der Waals surface area contributed by atoms with Crippen LogP contribution in [-0.4, -0.2) is 54.0 Å². The molecule has 0 bridgehead atoms. The highest BCUT2D eigenvalue weighted by molar-refractivity contribution is 6.32. The van der Waals surface area contributed by atoms with Crippen LogP contribution in [0.4, 0.5) is 5.82 Å². The number of fused-ring (bicyclic) bond motifs is 1. The molecule has 0 aromatic carbocycles. The summed E-state index contributed by atoms with van der Waals surface area (Å²) in [6.07, 6.45) is 5.65. The highest BCUT2D eigenvalue weighted by Crippen LogP contribution is 2.37. The van der Waals surface area contributed by atoms with Gasteiger partial charge in [0.05, 0.1) is 31.0 Å². The van der Waals surface area contributed by atoms with Gasteiger partial charge in [-0.3, -0.25) is 9.98 Å². The van der Waals surface area contributed by atoms with Crippen molar-refractivity contribution in [1.82, 2.24) is 15.0 Å². The number of aromatic nitrogens is 3. The molecule has 1 fully saturated rings. The molecule has 0 spiro atoms. The molecule has 0 unspecified atom stereocenters. The first-order valence-corrected chi connectivity index (χ1v) is 10.0. The number of hydrogen-bond acceptors (Lipinski definition) is 6. The van der Waals surface area contributed by atoms with E-state index < -0.39 is 0 Å². The molecule has 0 radical (unpaired) electrons. The number of ether oxygens (including phenoxy) is 1. The maximum absolute atomic E-state index is 6.56. The minimum absolute atomic E-state index is 0.493. The minimum Gasteiger partial charge on any atom is -0.378 e. The van der Waals surface area contributed by atoms with E-state index in [9.17, 15) is 0 Å². The van der Waals surface area contributed by atoms with Crippen molar-refractivity contribution >= 4 is 40.1 Å². The zero-order valence-electron chi connectivity index (χ0n) is 16.1. The van der Waals surface area contributed by atoms with Gasteiger partial charge in [-0.05, 0) is 42.8 Å². The molecule has 7 heteroatoms. The molecule has 3 aromatic rings. The van der Waals surface area contributed by atoms with E-state index >= 15 is 0 Å². The molecule has 2 aliphatic heterocycles. The summed E-state index contributed by atoms with van der Waals surface area (Å²) in [5.74, 6) is 0.904. The molecule has 0 aliphatic carbocycles. The number of hydrogen-bond donors (Lipinski definition) is 0. The summed E-state index contributed by atoms with van der Waals surface area (Å²) in [6.45, 7) is 5.56. The smallest absolute Gasteiger partial charge is 0.137 e. The Balaban J connectivity index is 1.77. The van der Waals surface area contributed by atoms with Crippen LogP contribution in [0.15, 0.2) is 41.5 Å². The van der Waals surface area contributed by atoms with Crippen LogP contribution in [-0.2, 0) is 4.74 Å². The van der Waals surface area contributed by atoms with Crippen molar-refractivity contribution in [1.29, 1.82) is 0 Å². The fourth-order valence-corrected chi connectivity index (χ4v) is 4.07. The molecule has 29 heavy (non-hydrogen) atoms. The second-order valence-corrected chi connectivity index (χ2v) is 7.51. The van der Waals surface area contributed by atoms with E-state index in [4.69, 9.17) is 21.3 Å². The Bertz CT molecular complexity index is 1150. The molecule has 0 N–H and O–H groups in total. The molecule has 6 nitrogen and oxygen atoms in total. The Labute approximate surface area is 173 Å². The van der Waals surface area contributed by atoms with Crippen LogP contribution in [0.2, 0.25) is 5.15 Å². The van der Waals surface area contributed by atoms with Crippen molar-refractivity contribution in [3.05, 3.63) is 53.1 Å². The molecular weight excluding hydrogens is 386 g/mol. The molecule has 5 rings (SSSR count). The van der Waals surface area contributed by atoms with E-state index in [1.807, 2.05) is 43.6 Å². The Kier molecular flexibility index (Phi) is 4.73. The molecule has 0 amide bonds. The zero-order chi connectivity index (χ0) is 19.8. The van der Waals surface area contributed by atoms with Crippen LogP contribution in [0.3, 0.4) is 0 Å². The lowest BCUT2D eigenvalue weighted by Gasteiger charge is -2.28. The SMILES string of the molecule is Cc1ccc(-c2cc(N3CCOCC3)nc3c(C4=CC=NC4)nccc23)c(Cl)n1. The van der Waals surface area contributed by atoms with E-state index in [1.54, 1.807) is 0 Å². The number of morpholine rings is 1. The topological polar surface area (TPSA) is 63.5 Å². The summed E-state index contributed by atoms with van der Waals surface area (Å²) in [5, 5.41) is 1.50. The molecule has 3 aromatic heterocycles. The largest absolute Gasteiger partial charge is 0.378 e. The number of nitrogens with zero attached hydrogens (tertiary/aromatic N) is 5. The Hall–Kier alpha value is -2.83. The first kappa shape index (κ1) is 18.2. The first-order valence-electron chi connectivity index (χ1n) is 9.66. The zero-order valence-corrected chi connectivity index (χ0v) is 16.9. The van der Waals surface area contributed by atoms with Crippen LogP contribution in [0.5, 0.6) is 0 Å². The summed E-state index contributed by atoms with van der Waals surface area (Å²) < 4.78 is 5.52. The lowest BCUT2D eigenvalue weighted by atomic mass is 10.00. The quantitative estimate of drug-likeness (QED) is 0.617. The highest BCUT2D eigenvalue weighted by Gasteiger charge is 2.20. The van der Waals surface area contributed by atoms with Gasteiger partial charge in [-0.1, -0.05) is 11.6 Å². The Morgan fingerprint density at radius 3 is 2.69 bits per heavy atom. The predicted molar refractivity (Wildman–Crippen MR) is 117 cm³/mol. The van der Waals surface area contributed by atoms with Crippen molar-refractivity contribution in [2.75, 3.05) is 37.7 Å². The molecule has 1 saturated heterocycles. The van der Waals surface area contributed by atoms with Crippen molar-refractivity contribution in [2.45, 2.75) is 6.92 Å². The molecule has 2 aliphatic rings. The lowest BCUT2D eigenvalue weighted by Crippen LogP contribution is -2.36. The number of allylic oxidation sites excluding steroid dienone is 1. The highest BCUT2D eigenvalue weighted by atomic mass is 35.5. The number of anilines is 1. The summed E-state index contributed by atoms with van der Waals surface area (Å²) in [6, 6.07) is 8.11. The number of rotatable bonds is 3. The molecule has 0 saturated carbocycles. The summed E-state index contributed by atoms with van der Waals surface area (Å²) in [5.41, 5.74) is 5.60. The van der Waals surface area contributed by atoms with Gasteiger partial charge < -0.3 is 9.64 Å². The summed E-state index contributed by atoms with van der Waals surface area (Å²) in [4.78, 5) is 20.7. The Morgan fingerprint density at radius 1 is 1.07 bits per heavy atom.